The highest BCUT2D eigenvalue weighted by Gasteiger charge is 2.39. The van der Waals surface area contributed by atoms with Gasteiger partial charge in [0.1, 0.15) is 0 Å². The third-order valence-electron chi connectivity index (χ3n) is 3.57. The fourth-order valence-electron chi connectivity index (χ4n) is 2.84. The third kappa shape index (κ3) is 1.11. The first-order valence-corrected chi connectivity index (χ1v) is 5.33. The van der Waals surface area contributed by atoms with Crippen LogP contribution in [0.25, 0.3) is 0 Å². The Morgan fingerprint density at radius 1 is 1.50 bits per heavy atom. The number of piperidine rings is 1. The minimum Gasteiger partial charge on any atom is -0.325 e. The van der Waals surface area contributed by atoms with Crippen molar-refractivity contribution in [3.05, 3.63) is 18.0 Å². The summed E-state index contributed by atoms with van der Waals surface area (Å²) in [5.41, 5.74) is 6.86. The predicted octanol–water partition coefficient (Wildman–Crippen LogP) is 0.218. The first kappa shape index (κ1) is 8.44. The second kappa shape index (κ2) is 3.07. The molecule has 0 aliphatic carbocycles. The molecule has 4 nitrogen and oxygen atoms in total. The summed E-state index contributed by atoms with van der Waals surface area (Å²) in [5.74, 6) is 0.806. The van der Waals surface area contributed by atoms with Crippen molar-refractivity contribution < 1.29 is 0 Å². The summed E-state index contributed by atoms with van der Waals surface area (Å²) in [6.45, 7) is 4.30. The van der Waals surface area contributed by atoms with Crippen molar-refractivity contribution in [1.29, 1.82) is 0 Å². The molecule has 0 radical (unpaired) electrons. The molecule has 2 saturated heterocycles. The molecular formula is C10H16N4. The Balaban J connectivity index is 1.89. The molecule has 3 heterocycles. The number of aromatic nitrogens is 2. The first-order chi connectivity index (χ1) is 6.88. The van der Waals surface area contributed by atoms with Gasteiger partial charge in [0.15, 0.2) is 0 Å². The van der Waals surface area contributed by atoms with Crippen molar-refractivity contribution in [1.82, 2.24) is 14.7 Å². The van der Waals surface area contributed by atoms with E-state index in [0.717, 1.165) is 5.92 Å². The van der Waals surface area contributed by atoms with Gasteiger partial charge in [-0.1, -0.05) is 0 Å². The molecule has 2 fully saturated rings. The Labute approximate surface area is 83.7 Å². The molecule has 1 aromatic rings. The lowest BCUT2D eigenvalue weighted by atomic mass is 10.00. The molecule has 2 aliphatic rings. The number of hydrogen-bond acceptors (Lipinski definition) is 3. The van der Waals surface area contributed by atoms with Crippen LogP contribution in [0.5, 0.6) is 0 Å². The van der Waals surface area contributed by atoms with Crippen molar-refractivity contribution in [2.75, 3.05) is 19.6 Å². The van der Waals surface area contributed by atoms with Crippen LogP contribution in [0.15, 0.2) is 12.3 Å². The highest BCUT2D eigenvalue weighted by atomic mass is 15.4. The summed E-state index contributed by atoms with van der Waals surface area (Å²) in [5, 5.41) is 4.40. The van der Waals surface area contributed by atoms with Crippen LogP contribution < -0.4 is 5.73 Å². The standard InChI is InChI=1S/C10H16N4/c11-5-9-1-3-12-14(9)10-7-13-4-2-8(10)6-13/h1,3,8,10H,2,4-7,11H2/t8-,10?/m0/s1. The molecule has 0 amide bonds. The van der Waals surface area contributed by atoms with Crippen LogP contribution in [-0.2, 0) is 6.54 Å². The van der Waals surface area contributed by atoms with Gasteiger partial charge >= 0.3 is 0 Å². The highest BCUT2D eigenvalue weighted by Crippen LogP contribution is 2.36. The van der Waals surface area contributed by atoms with Crippen LogP contribution in [0.4, 0.5) is 0 Å². The van der Waals surface area contributed by atoms with E-state index in [2.05, 4.69) is 14.7 Å². The second-order valence-corrected chi connectivity index (χ2v) is 4.35. The normalized spacial score (nSPS) is 35.4. The fraction of sp³-hybridized carbons (Fsp3) is 0.700. The molecule has 0 spiro atoms. The summed E-state index contributed by atoms with van der Waals surface area (Å²) < 4.78 is 2.14. The maximum absolute atomic E-state index is 5.69. The highest BCUT2D eigenvalue weighted by molar-refractivity contribution is 5.05. The fourth-order valence-corrected chi connectivity index (χ4v) is 2.84. The van der Waals surface area contributed by atoms with Gasteiger partial charge in [0.2, 0.25) is 0 Å². The summed E-state index contributed by atoms with van der Waals surface area (Å²) in [6, 6.07) is 2.61. The lowest BCUT2D eigenvalue weighted by molar-refractivity contribution is 0.281. The van der Waals surface area contributed by atoms with Crippen molar-refractivity contribution in [2.45, 2.75) is 19.0 Å². The molecule has 2 aliphatic heterocycles. The summed E-state index contributed by atoms with van der Waals surface area (Å²) in [6.07, 6.45) is 3.19. The molecule has 3 atom stereocenters. The van der Waals surface area contributed by atoms with Gasteiger partial charge in [-0.25, -0.2) is 0 Å². The quantitative estimate of drug-likeness (QED) is 0.729. The first-order valence-electron chi connectivity index (χ1n) is 5.33. The van der Waals surface area contributed by atoms with E-state index in [4.69, 9.17) is 5.73 Å². The van der Waals surface area contributed by atoms with E-state index in [-0.39, 0.29) is 0 Å². The molecule has 14 heavy (non-hydrogen) atoms. The minimum absolute atomic E-state index is 0.581. The molecule has 2 N–H and O–H groups in total. The van der Waals surface area contributed by atoms with Gasteiger partial charge in [-0.2, -0.15) is 5.10 Å². The monoisotopic (exact) mass is 192 g/mol. The van der Waals surface area contributed by atoms with Crippen LogP contribution in [0.3, 0.4) is 0 Å². The molecule has 2 unspecified atom stereocenters. The summed E-state index contributed by atoms with van der Waals surface area (Å²) in [4.78, 5) is 2.53. The predicted molar refractivity (Wildman–Crippen MR) is 53.7 cm³/mol. The molecule has 3 rings (SSSR count). The number of nitrogens with two attached hydrogens (primary N) is 1. The molecule has 1 aromatic heterocycles. The maximum atomic E-state index is 5.69. The number of fused-ring (bicyclic) bond motifs is 2. The smallest absolute Gasteiger partial charge is 0.0690 e. The largest absolute Gasteiger partial charge is 0.325 e. The summed E-state index contributed by atoms with van der Waals surface area (Å²) in [7, 11) is 0. The molecule has 76 valence electrons. The summed E-state index contributed by atoms with van der Waals surface area (Å²) >= 11 is 0. The average Bonchev–Trinajstić information content (AvgIpc) is 2.92. The van der Waals surface area contributed by atoms with Gasteiger partial charge in [0.05, 0.1) is 11.7 Å². The van der Waals surface area contributed by atoms with Crippen molar-refractivity contribution in [3.63, 3.8) is 0 Å². The molecule has 4 heteroatoms. The number of rotatable bonds is 2. The van der Waals surface area contributed by atoms with Gasteiger partial charge in [-0.15, -0.1) is 0 Å². The van der Waals surface area contributed by atoms with Crippen LogP contribution >= 0.6 is 0 Å². The SMILES string of the molecule is NCc1ccnn1C1CN2CC[C@H]1C2. The zero-order valence-corrected chi connectivity index (χ0v) is 8.26. The minimum atomic E-state index is 0.581. The maximum Gasteiger partial charge on any atom is 0.0690 e. The Morgan fingerprint density at radius 2 is 2.43 bits per heavy atom. The zero-order valence-electron chi connectivity index (χ0n) is 8.26. The second-order valence-electron chi connectivity index (χ2n) is 4.35. The molecule has 0 aromatic carbocycles. The van der Waals surface area contributed by atoms with Gasteiger partial charge < -0.3 is 10.6 Å². The van der Waals surface area contributed by atoms with E-state index in [9.17, 15) is 0 Å². The van der Waals surface area contributed by atoms with E-state index in [1.54, 1.807) is 0 Å². The van der Waals surface area contributed by atoms with Crippen molar-refractivity contribution in [3.8, 4) is 0 Å². The molecular weight excluding hydrogens is 176 g/mol. The Morgan fingerprint density at radius 3 is 3.07 bits per heavy atom. The van der Waals surface area contributed by atoms with Crippen LogP contribution in [0.1, 0.15) is 18.2 Å². The van der Waals surface area contributed by atoms with Gasteiger partial charge in [0, 0.05) is 25.8 Å². The van der Waals surface area contributed by atoms with E-state index < -0.39 is 0 Å². The molecule has 2 bridgehead atoms. The van der Waals surface area contributed by atoms with Crippen molar-refractivity contribution >= 4 is 0 Å². The van der Waals surface area contributed by atoms with Crippen molar-refractivity contribution in [2.24, 2.45) is 11.7 Å². The van der Waals surface area contributed by atoms with Crippen LogP contribution in [-0.4, -0.2) is 34.3 Å². The van der Waals surface area contributed by atoms with E-state index in [1.807, 2.05) is 12.3 Å². The van der Waals surface area contributed by atoms with Crippen LogP contribution in [0.2, 0.25) is 0 Å². The number of nitrogens with zero attached hydrogens (tertiary/aromatic N) is 3. The Kier molecular flexibility index (Phi) is 1.85. The topological polar surface area (TPSA) is 47.1 Å². The van der Waals surface area contributed by atoms with E-state index >= 15 is 0 Å². The van der Waals surface area contributed by atoms with Crippen LogP contribution in [0, 0.1) is 5.92 Å². The number of hydrogen-bond donors (Lipinski definition) is 1. The van der Waals surface area contributed by atoms with Gasteiger partial charge in [-0.3, -0.25) is 4.68 Å². The lowest BCUT2D eigenvalue weighted by Gasteiger charge is -2.23. The Bertz CT molecular complexity index is 333. The van der Waals surface area contributed by atoms with E-state index in [0.29, 0.717) is 12.6 Å². The zero-order chi connectivity index (χ0) is 9.54. The lowest BCUT2D eigenvalue weighted by Crippen LogP contribution is -2.28. The van der Waals surface area contributed by atoms with E-state index in [1.165, 1.54) is 31.7 Å². The van der Waals surface area contributed by atoms with Gasteiger partial charge in [0.25, 0.3) is 0 Å². The Hall–Kier alpha value is -0.870. The average molecular weight is 192 g/mol. The van der Waals surface area contributed by atoms with Gasteiger partial charge in [-0.05, 0) is 24.9 Å². The molecule has 0 saturated carbocycles. The third-order valence-corrected chi connectivity index (χ3v) is 3.57.